The van der Waals surface area contributed by atoms with E-state index < -0.39 is 0 Å². The van der Waals surface area contributed by atoms with Crippen molar-refractivity contribution in [3.8, 4) is 0 Å². The summed E-state index contributed by atoms with van der Waals surface area (Å²) in [6.45, 7) is 5.16. The van der Waals surface area contributed by atoms with Crippen molar-refractivity contribution in [3.05, 3.63) is 54.1 Å². The van der Waals surface area contributed by atoms with Crippen LogP contribution in [0.2, 0.25) is 0 Å². The van der Waals surface area contributed by atoms with Crippen molar-refractivity contribution in [2.45, 2.75) is 26.4 Å². The van der Waals surface area contributed by atoms with Crippen molar-refractivity contribution < 1.29 is 0 Å². The lowest BCUT2D eigenvalue weighted by Crippen LogP contribution is -2.09. The summed E-state index contributed by atoms with van der Waals surface area (Å²) >= 11 is 0. The van der Waals surface area contributed by atoms with Crippen LogP contribution in [-0.4, -0.2) is 10.6 Å². The molecule has 2 nitrogen and oxygen atoms in total. The first-order valence-corrected chi connectivity index (χ1v) is 7.15. The quantitative estimate of drug-likeness (QED) is 0.756. The molecule has 0 aliphatic heterocycles. The van der Waals surface area contributed by atoms with Gasteiger partial charge in [0.25, 0.3) is 0 Å². The molecule has 0 amide bonds. The van der Waals surface area contributed by atoms with Gasteiger partial charge in [-0.1, -0.05) is 36.4 Å². The van der Waals surface area contributed by atoms with Crippen LogP contribution in [0, 0.1) is 0 Å². The van der Waals surface area contributed by atoms with Crippen LogP contribution in [0.1, 0.15) is 19.4 Å². The van der Waals surface area contributed by atoms with Gasteiger partial charge in [0.1, 0.15) is 0 Å². The number of aryl methyl sites for hydroxylation is 1. The van der Waals surface area contributed by atoms with E-state index in [-0.39, 0.29) is 6.04 Å². The van der Waals surface area contributed by atoms with Gasteiger partial charge in [0, 0.05) is 34.4 Å². The molecule has 0 aliphatic carbocycles. The van der Waals surface area contributed by atoms with Gasteiger partial charge in [-0.3, -0.25) is 0 Å². The van der Waals surface area contributed by atoms with Crippen molar-refractivity contribution in [2.24, 2.45) is 5.73 Å². The molecule has 102 valence electrons. The van der Waals surface area contributed by atoms with E-state index in [1.54, 1.807) is 0 Å². The Morgan fingerprint density at radius 1 is 1.10 bits per heavy atom. The summed E-state index contributed by atoms with van der Waals surface area (Å²) < 4.78 is 2.36. The number of benzene rings is 2. The van der Waals surface area contributed by atoms with Crippen molar-refractivity contribution in [1.82, 2.24) is 4.57 Å². The Kier molecular flexibility index (Phi) is 3.33. The molecule has 1 unspecified atom stereocenters. The van der Waals surface area contributed by atoms with E-state index in [4.69, 9.17) is 5.73 Å². The predicted molar refractivity (Wildman–Crippen MR) is 87.8 cm³/mol. The Balaban J connectivity index is 2.26. The van der Waals surface area contributed by atoms with Crippen LogP contribution < -0.4 is 5.73 Å². The molecule has 0 fully saturated rings. The number of rotatable bonds is 3. The first-order chi connectivity index (χ1) is 9.70. The molecular formula is C18H20N2. The molecule has 2 aromatic carbocycles. The van der Waals surface area contributed by atoms with Crippen molar-refractivity contribution in [3.63, 3.8) is 0 Å². The number of para-hydroxylation sites is 1. The molecule has 1 aromatic heterocycles. The molecular weight excluding hydrogens is 244 g/mol. The zero-order valence-electron chi connectivity index (χ0n) is 12.0. The molecule has 2 heteroatoms. The lowest BCUT2D eigenvalue weighted by molar-refractivity contribution is 0.827. The van der Waals surface area contributed by atoms with E-state index in [2.05, 4.69) is 60.0 Å². The maximum atomic E-state index is 5.78. The molecule has 0 aliphatic rings. The van der Waals surface area contributed by atoms with Gasteiger partial charge in [-0.15, -0.1) is 0 Å². The van der Waals surface area contributed by atoms with Crippen LogP contribution in [0.5, 0.6) is 0 Å². The fourth-order valence-corrected chi connectivity index (χ4v) is 2.78. The van der Waals surface area contributed by atoms with Gasteiger partial charge < -0.3 is 10.3 Å². The first-order valence-electron chi connectivity index (χ1n) is 7.15. The highest BCUT2D eigenvalue weighted by molar-refractivity contribution is 6.08. The summed E-state index contributed by atoms with van der Waals surface area (Å²) in [6.07, 6.45) is 4.13. The summed E-state index contributed by atoms with van der Waals surface area (Å²) in [7, 11) is 0. The Morgan fingerprint density at radius 2 is 1.85 bits per heavy atom. The fourth-order valence-electron chi connectivity index (χ4n) is 2.78. The van der Waals surface area contributed by atoms with E-state index in [1.165, 1.54) is 27.4 Å². The van der Waals surface area contributed by atoms with Crippen LogP contribution in [0.4, 0.5) is 0 Å². The normalized spacial score (nSPS) is 13.6. The Labute approximate surface area is 119 Å². The number of hydrogen-bond donors (Lipinski definition) is 1. The number of fused-ring (bicyclic) bond motifs is 3. The average Bonchev–Trinajstić information content (AvgIpc) is 2.78. The molecule has 1 heterocycles. The number of nitrogens with zero attached hydrogens (tertiary/aromatic N) is 1. The Bertz CT molecular complexity index is 779. The smallest absolute Gasteiger partial charge is 0.0491 e. The minimum Gasteiger partial charge on any atom is -0.341 e. The molecule has 0 saturated heterocycles. The van der Waals surface area contributed by atoms with Crippen LogP contribution in [0.3, 0.4) is 0 Å². The first kappa shape index (κ1) is 12.9. The van der Waals surface area contributed by atoms with E-state index >= 15 is 0 Å². The fraction of sp³-hybridized carbons (Fsp3) is 0.222. The molecule has 0 saturated carbocycles. The Hall–Kier alpha value is -2.06. The number of hydrogen-bond acceptors (Lipinski definition) is 1. The van der Waals surface area contributed by atoms with E-state index in [9.17, 15) is 0 Å². The van der Waals surface area contributed by atoms with Gasteiger partial charge >= 0.3 is 0 Å². The van der Waals surface area contributed by atoms with Gasteiger partial charge in [0.2, 0.25) is 0 Å². The van der Waals surface area contributed by atoms with E-state index in [1.807, 2.05) is 13.0 Å². The SMILES string of the molecule is CCn1c2ccccc2c2cc(/C=C/C(C)N)ccc21. The highest BCUT2D eigenvalue weighted by atomic mass is 15.0. The van der Waals surface area contributed by atoms with Gasteiger partial charge in [0.05, 0.1) is 0 Å². The average molecular weight is 264 g/mol. The van der Waals surface area contributed by atoms with Crippen LogP contribution in [-0.2, 0) is 6.54 Å². The highest BCUT2D eigenvalue weighted by Gasteiger charge is 2.08. The van der Waals surface area contributed by atoms with E-state index in [0.717, 1.165) is 6.54 Å². The second-order valence-corrected chi connectivity index (χ2v) is 5.26. The van der Waals surface area contributed by atoms with Gasteiger partial charge in [-0.2, -0.15) is 0 Å². The third kappa shape index (κ3) is 2.12. The maximum absolute atomic E-state index is 5.78. The lowest BCUT2D eigenvalue weighted by Gasteiger charge is -2.03. The second kappa shape index (κ2) is 5.14. The van der Waals surface area contributed by atoms with Gasteiger partial charge in [0.15, 0.2) is 0 Å². The molecule has 0 bridgehead atoms. The van der Waals surface area contributed by atoms with E-state index in [0.29, 0.717) is 0 Å². The number of aromatic nitrogens is 1. The third-order valence-corrected chi connectivity index (χ3v) is 3.70. The summed E-state index contributed by atoms with van der Waals surface area (Å²) in [5.74, 6) is 0. The number of nitrogens with two attached hydrogens (primary N) is 1. The minimum atomic E-state index is 0.0858. The van der Waals surface area contributed by atoms with Crippen LogP contribution in [0.15, 0.2) is 48.5 Å². The Morgan fingerprint density at radius 3 is 2.60 bits per heavy atom. The van der Waals surface area contributed by atoms with Crippen LogP contribution in [0.25, 0.3) is 27.9 Å². The molecule has 0 spiro atoms. The summed E-state index contributed by atoms with van der Waals surface area (Å²) in [6, 6.07) is 15.3. The molecule has 0 radical (unpaired) electrons. The zero-order valence-corrected chi connectivity index (χ0v) is 12.0. The lowest BCUT2D eigenvalue weighted by atomic mass is 10.1. The topological polar surface area (TPSA) is 30.9 Å². The molecule has 3 rings (SSSR count). The molecule has 20 heavy (non-hydrogen) atoms. The summed E-state index contributed by atoms with van der Waals surface area (Å²) in [4.78, 5) is 0. The maximum Gasteiger partial charge on any atom is 0.0491 e. The monoisotopic (exact) mass is 264 g/mol. The molecule has 1 atom stereocenters. The van der Waals surface area contributed by atoms with Gasteiger partial charge in [-0.05, 0) is 37.6 Å². The summed E-state index contributed by atoms with van der Waals surface area (Å²) in [5, 5.41) is 2.63. The largest absolute Gasteiger partial charge is 0.341 e. The zero-order chi connectivity index (χ0) is 14.1. The highest BCUT2D eigenvalue weighted by Crippen LogP contribution is 2.29. The van der Waals surface area contributed by atoms with Gasteiger partial charge in [-0.25, -0.2) is 0 Å². The summed E-state index contributed by atoms with van der Waals surface area (Å²) in [5.41, 5.74) is 9.58. The van der Waals surface area contributed by atoms with Crippen molar-refractivity contribution in [2.75, 3.05) is 0 Å². The van der Waals surface area contributed by atoms with Crippen molar-refractivity contribution >= 4 is 27.9 Å². The second-order valence-electron chi connectivity index (χ2n) is 5.26. The molecule has 2 N–H and O–H groups in total. The van der Waals surface area contributed by atoms with Crippen molar-refractivity contribution in [1.29, 1.82) is 0 Å². The predicted octanol–water partition coefficient (Wildman–Crippen LogP) is 4.17. The molecule has 3 aromatic rings. The minimum absolute atomic E-state index is 0.0858. The van der Waals surface area contributed by atoms with Crippen LogP contribution >= 0.6 is 0 Å². The standard InChI is InChI=1S/C18H20N2/c1-3-20-17-7-5-4-6-15(17)16-12-14(9-8-13(2)19)10-11-18(16)20/h4-13H,3,19H2,1-2H3/b9-8+. The third-order valence-electron chi connectivity index (χ3n) is 3.70.